The smallest absolute Gasteiger partial charge is 0.123 e. The van der Waals surface area contributed by atoms with Crippen molar-refractivity contribution < 1.29 is 4.39 Å². The molecule has 0 aliphatic heterocycles. The van der Waals surface area contributed by atoms with E-state index in [4.69, 9.17) is 0 Å². The first-order chi connectivity index (χ1) is 14.7. The van der Waals surface area contributed by atoms with Gasteiger partial charge in [-0.05, 0) is 79.7 Å². The molecule has 0 aromatic heterocycles. The van der Waals surface area contributed by atoms with Gasteiger partial charge in [0.2, 0.25) is 0 Å². The van der Waals surface area contributed by atoms with Gasteiger partial charge in [-0.1, -0.05) is 89.0 Å². The Kier molecular flexibility index (Phi) is 10.0. The molecule has 2 aliphatic carbocycles. The van der Waals surface area contributed by atoms with Crippen LogP contribution in [0.25, 0.3) is 0 Å². The Morgan fingerprint density at radius 2 is 1.37 bits per heavy atom. The second-order valence-corrected chi connectivity index (χ2v) is 9.88. The summed E-state index contributed by atoms with van der Waals surface area (Å²) < 4.78 is 12.9. The molecule has 0 atom stereocenters. The predicted octanol–water partition coefficient (Wildman–Crippen LogP) is 8.71. The molecule has 0 N–H and O–H groups in total. The van der Waals surface area contributed by atoms with E-state index in [0.29, 0.717) is 5.92 Å². The Bertz CT molecular complexity index is 673. The molecular weight excluding hydrogens is 367 g/mol. The largest absolute Gasteiger partial charge is 0.207 e. The number of hydrogen-bond acceptors (Lipinski definition) is 0. The van der Waals surface area contributed by atoms with Gasteiger partial charge in [-0.2, -0.15) is 0 Å². The maximum Gasteiger partial charge on any atom is 0.123 e. The number of hydrogen-bond donors (Lipinski definition) is 0. The number of benzene rings is 1. The van der Waals surface area contributed by atoms with Gasteiger partial charge in [-0.15, -0.1) is 0 Å². The van der Waals surface area contributed by atoms with Crippen molar-refractivity contribution >= 4 is 0 Å². The van der Waals surface area contributed by atoms with Crippen LogP contribution in [0, 0.1) is 41.3 Å². The van der Waals surface area contributed by atoms with Crippen molar-refractivity contribution in [3.63, 3.8) is 0 Å². The highest BCUT2D eigenvalue weighted by molar-refractivity contribution is 5.36. The molecule has 0 radical (unpaired) electrons. The second-order valence-electron chi connectivity index (χ2n) is 9.88. The minimum absolute atomic E-state index is 0.206. The summed E-state index contributed by atoms with van der Waals surface area (Å²) in [5.41, 5.74) is 0.875. The van der Waals surface area contributed by atoms with Crippen LogP contribution in [0.4, 0.5) is 4.39 Å². The average Bonchev–Trinajstić information content (AvgIpc) is 2.78. The van der Waals surface area contributed by atoms with Crippen molar-refractivity contribution in [3.05, 3.63) is 47.8 Å². The molecule has 0 spiro atoms. The van der Waals surface area contributed by atoms with E-state index in [-0.39, 0.29) is 5.82 Å². The fourth-order valence-electron chi connectivity index (χ4n) is 5.48. The summed E-state index contributed by atoms with van der Waals surface area (Å²) >= 11 is 0. The Labute approximate surface area is 184 Å². The predicted molar refractivity (Wildman–Crippen MR) is 127 cm³/mol. The Morgan fingerprint density at radius 3 is 1.97 bits per heavy atom. The van der Waals surface area contributed by atoms with Gasteiger partial charge in [0, 0.05) is 5.56 Å². The molecule has 1 heteroatoms. The van der Waals surface area contributed by atoms with E-state index in [9.17, 15) is 4.39 Å². The summed E-state index contributed by atoms with van der Waals surface area (Å²) in [7, 11) is 0. The van der Waals surface area contributed by atoms with Gasteiger partial charge in [0.1, 0.15) is 5.82 Å². The van der Waals surface area contributed by atoms with Crippen LogP contribution >= 0.6 is 0 Å². The van der Waals surface area contributed by atoms with Crippen molar-refractivity contribution in [2.75, 3.05) is 0 Å². The van der Waals surface area contributed by atoms with Crippen LogP contribution in [0.2, 0.25) is 0 Å². The van der Waals surface area contributed by atoms with Gasteiger partial charge in [0.05, 0.1) is 0 Å². The fourth-order valence-corrected chi connectivity index (χ4v) is 5.48. The van der Waals surface area contributed by atoms with Crippen LogP contribution in [0.1, 0.15) is 102 Å². The third kappa shape index (κ3) is 8.29. The van der Waals surface area contributed by atoms with E-state index in [2.05, 4.69) is 24.8 Å². The van der Waals surface area contributed by atoms with Crippen molar-refractivity contribution in [2.24, 2.45) is 23.7 Å². The third-order valence-electron chi connectivity index (χ3n) is 7.57. The van der Waals surface area contributed by atoms with E-state index in [1.807, 2.05) is 6.08 Å². The first-order valence-electron chi connectivity index (χ1n) is 12.7. The number of allylic oxidation sites excluding steroid dienone is 2. The van der Waals surface area contributed by atoms with Gasteiger partial charge >= 0.3 is 0 Å². The molecule has 1 aromatic carbocycles. The van der Waals surface area contributed by atoms with E-state index in [1.165, 1.54) is 102 Å². The highest BCUT2D eigenvalue weighted by atomic mass is 19.1. The van der Waals surface area contributed by atoms with Crippen LogP contribution in [0.3, 0.4) is 0 Å². The molecule has 1 aromatic rings. The van der Waals surface area contributed by atoms with Crippen molar-refractivity contribution in [1.82, 2.24) is 0 Å². The Morgan fingerprint density at radius 1 is 0.800 bits per heavy atom. The van der Waals surface area contributed by atoms with Crippen molar-refractivity contribution in [3.8, 4) is 11.8 Å². The Balaban J connectivity index is 1.27. The monoisotopic (exact) mass is 408 g/mol. The molecule has 2 saturated carbocycles. The molecule has 30 heavy (non-hydrogen) atoms. The first-order valence-corrected chi connectivity index (χ1v) is 12.7. The third-order valence-corrected chi connectivity index (χ3v) is 7.57. The summed E-state index contributed by atoms with van der Waals surface area (Å²) in [6.45, 7) is 2.31. The highest BCUT2D eigenvalue weighted by Gasteiger charge is 2.24. The maximum absolute atomic E-state index is 12.9. The standard InChI is InChI=1S/C29H41F/c1-2-3-4-7-24-10-14-27(15-11-24)18-19-28-16-12-25(13-17-28)8-5-6-9-26-20-22-29(30)23-21-26/h5,8,20-25,27-28H,2-4,7,10-19H2,1H3/b8-5+/t24-,25?,27-,28?. The van der Waals surface area contributed by atoms with Gasteiger partial charge in [0.25, 0.3) is 0 Å². The van der Waals surface area contributed by atoms with E-state index >= 15 is 0 Å². The van der Waals surface area contributed by atoms with Gasteiger partial charge in [-0.25, -0.2) is 4.39 Å². The molecule has 0 bridgehead atoms. The number of halogens is 1. The van der Waals surface area contributed by atoms with Gasteiger partial charge < -0.3 is 0 Å². The van der Waals surface area contributed by atoms with E-state index in [1.54, 1.807) is 12.1 Å². The molecular formula is C29H41F. The minimum Gasteiger partial charge on any atom is -0.207 e. The van der Waals surface area contributed by atoms with Crippen LogP contribution < -0.4 is 0 Å². The summed E-state index contributed by atoms with van der Waals surface area (Å²) in [5, 5.41) is 0. The van der Waals surface area contributed by atoms with Gasteiger partial charge in [-0.3, -0.25) is 0 Å². The SMILES string of the molecule is CCCCC[C@H]1CC[C@H](CCC2CCC(/C=C/C#Cc3ccc(F)cc3)CC2)CC1. The van der Waals surface area contributed by atoms with Crippen LogP contribution in [0.15, 0.2) is 36.4 Å². The van der Waals surface area contributed by atoms with Crippen molar-refractivity contribution in [1.29, 1.82) is 0 Å². The van der Waals surface area contributed by atoms with Crippen molar-refractivity contribution in [2.45, 2.75) is 96.8 Å². The molecule has 0 amide bonds. The number of unbranched alkanes of at least 4 members (excludes halogenated alkanes) is 2. The molecule has 2 fully saturated rings. The topological polar surface area (TPSA) is 0 Å². The van der Waals surface area contributed by atoms with Crippen LogP contribution in [0.5, 0.6) is 0 Å². The average molecular weight is 409 g/mol. The molecule has 3 rings (SSSR count). The molecule has 164 valence electrons. The summed E-state index contributed by atoms with van der Waals surface area (Å²) in [5.74, 6) is 9.72. The van der Waals surface area contributed by atoms with Crippen LogP contribution in [-0.4, -0.2) is 0 Å². The summed E-state index contributed by atoms with van der Waals surface area (Å²) in [6, 6.07) is 6.41. The number of rotatable bonds is 8. The zero-order chi connectivity index (χ0) is 21.0. The normalized spacial score (nSPS) is 27.0. The lowest BCUT2D eigenvalue weighted by molar-refractivity contribution is 0.219. The lowest BCUT2D eigenvalue weighted by atomic mass is 9.75. The maximum atomic E-state index is 12.9. The second kappa shape index (κ2) is 13.0. The molecule has 0 saturated heterocycles. The lowest BCUT2D eigenvalue weighted by Crippen LogP contribution is -2.17. The zero-order valence-electron chi connectivity index (χ0n) is 19.1. The van der Waals surface area contributed by atoms with E-state index < -0.39 is 0 Å². The highest BCUT2D eigenvalue weighted by Crippen LogP contribution is 2.38. The summed E-state index contributed by atoms with van der Waals surface area (Å²) in [4.78, 5) is 0. The molecule has 0 heterocycles. The lowest BCUT2D eigenvalue weighted by Gasteiger charge is -2.31. The van der Waals surface area contributed by atoms with Gasteiger partial charge in [0.15, 0.2) is 0 Å². The summed E-state index contributed by atoms with van der Waals surface area (Å²) in [6.07, 6.45) is 24.4. The fraction of sp³-hybridized carbons (Fsp3) is 0.655. The first kappa shape index (κ1) is 23.1. The van der Waals surface area contributed by atoms with Crippen LogP contribution in [-0.2, 0) is 0 Å². The molecule has 2 aliphatic rings. The minimum atomic E-state index is -0.206. The van der Waals surface area contributed by atoms with E-state index in [0.717, 1.165) is 23.3 Å². The zero-order valence-corrected chi connectivity index (χ0v) is 19.1. The molecule has 0 unspecified atom stereocenters. The Hall–Kier alpha value is -1.55. The quantitative estimate of drug-likeness (QED) is 0.298. The molecule has 0 nitrogen and oxygen atoms in total.